The summed E-state index contributed by atoms with van der Waals surface area (Å²) in [4.78, 5) is 3.90. The fourth-order valence-electron chi connectivity index (χ4n) is 0.0365. The van der Waals surface area contributed by atoms with Crippen LogP contribution >= 0.6 is 0 Å². The zero-order chi connectivity index (χ0) is 4.12. The zero-order valence-electron chi connectivity index (χ0n) is 2.75. The lowest BCUT2D eigenvalue weighted by Crippen LogP contribution is -1.58. The molecule has 0 fully saturated rings. The Morgan fingerprint density at radius 3 is 2.40 bits per heavy atom. The molecule has 0 bridgehead atoms. The minimum absolute atomic E-state index is 1.29. The molecule has 0 aromatic carbocycles. The van der Waals surface area contributed by atoms with E-state index in [0.29, 0.717) is 0 Å². The van der Waals surface area contributed by atoms with Crippen LogP contribution in [0.1, 0.15) is 0 Å². The minimum atomic E-state index is 1.29. The first kappa shape index (κ1) is 4.20. The molecule has 0 atom stereocenters. The fraction of sp³-hybridized carbons (Fsp3) is 1.00. The lowest BCUT2D eigenvalue weighted by atomic mass is 11.7. The minimum Gasteiger partial charge on any atom is -0.392 e. The SMILES string of the molecule is CON=NO. The molecule has 0 heterocycles. The Bertz CT molecular complexity index is 34.6. The smallest absolute Gasteiger partial charge is 0.108 e. The second-order valence-corrected chi connectivity index (χ2v) is 0.354. The van der Waals surface area contributed by atoms with Crippen LogP contribution in [-0.4, -0.2) is 12.3 Å². The predicted molar refractivity (Wildman–Crippen MR) is 13.7 cm³/mol. The Balaban J connectivity index is 2.62. The molecule has 0 aliphatic heterocycles. The van der Waals surface area contributed by atoms with Crippen molar-refractivity contribution in [2.24, 2.45) is 10.6 Å². The predicted octanol–water partition coefficient (Wildman–Crippen LogP) is 0.389. The van der Waals surface area contributed by atoms with Gasteiger partial charge in [0.2, 0.25) is 0 Å². The van der Waals surface area contributed by atoms with Crippen LogP contribution in [0.15, 0.2) is 10.6 Å². The maximum Gasteiger partial charge on any atom is 0.108 e. The van der Waals surface area contributed by atoms with Crippen LogP contribution in [0.25, 0.3) is 0 Å². The van der Waals surface area contributed by atoms with Gasteiger partial charge in [0.25, 0.3) is 0 Å². The number of nitrogens with zero attached hydrogens (tertiary/aromatic N) is 2. The highest BCUT2D eigenvalue weighted by Crippen LogP contribution is 1.62. The Kier molecular flexibility index (Phi) is 2.69. The van der Waals surface area contributed by atoms with E-state index in [1.54, 1.807) is 0 Å². The molecule has 0 aromatic heterocycles. The number of hydrogen-bond donors (Lipinski definition) is 1. The summed E-state index contributed by atoms with van der Waals surface area (Å²) < 4.78 is 0. The highest BCUT2D eigenvalue weighted by Gasteiger charge is 1.49. The third-order valence-corrected chi connectivity index (χ3v) is 0.118. The summed E-state index contributed by atoms with van der Waals surface area (Å²) in [5.41, 5.74) is 0. The van der Waals surface area contributed by atoms with Gasteiger partial charge in [-0.05, 0) is 0 Å². The van der Waals surface area contributed by atoms with Gasteiger partial charge in [0.05, 0.1) is 10.6 Å². The standard InChI is InChI=1S/CH4N2O2/c1-5-3-2-4/h1H3,(H,3,4). The third-order valence-electron chi connectivity index (χ3n) is 0.118. The third kappa shape index (κ3) is 3.20. The van der Waals surface area contributed by atoms with Gasteiger partial charge in [-0.2, -0.15) is 0 Å². The summed E-state index contributed by atoms with van der Waals surface area (Å²) in [6.45, 7) is 0. The van der Waals surface area contributed by atoms with Crippen LogP contribution in [0.2, 0.25) is 0 Å². The van der Waals surface area contributed by atoms with E-state index in [4.69, 9.17) is 5.21 Å². The zero-order valence-corrected chi connectivity index (χ0v) is 2.75. The van der Waals surface area contributed by atoms with Crippen molar-refractivity contribution in [1.29, 1.82) is 0 Å². The van der Waals surface area contributed by atoms with Crippen molar-refractivity contribution in [1.82, 2.24) is 0 Å². The molecule has 0 unspecified atom stereocenters. The Morgan fingerprint density at radius 2 is 2.40 bits per heavy atom. The highest BCUT2D eigenvalue weighted by atomic mass is 16.7. The quantitative estimate of drug-likeness (QED) is 0.362. The monoisotopic (exact) mass is 76.0 g/mol. The van der Waals surface area contributed by atoms with Gasteiger partial charge in [-0.3, -0.25) is 0 Å². The van der Waals surface area contributed by atoms with Gasteiger partial charge < -0.3 is 10.0 Å². The molecular formula is CH4N2O2. The second-order valence-electron chi connectivity index (χ2n) is 0.354. The summed E-state index contributed by atoms with van der Waals surface area (Å²) >= 11 is 0. The lowest BCUT2D eigenvalue weighted by Gasteiger charge is -1.71. The summed E-state index contributed by atoms with van der Waals surface area (Å²) in [5.74, 6) is 0. The van der Waals surface area contributed by atoms with E-state index in [1.807, 2.05) is 0 Å². The molecule has 0 spiro atoms. The van der Waals surface area contributed by atoms with Gasteiger partial charge in [0.1, 0.15) is 7.11 Å². The molecule has 30 valence electrons. The maximum atomic E-state index is 7.40. The lowest BCUT2D eigenvalue weighted by molar-refractivity contribution is 0.126. The van der Waals surface area contributed by atoms with Gasteiger partial charge in [-0.1, -0.05) is 0 Å². The van der Waals surface area contributed by atoms with Crippen molar-refractivity contribution < 1.29 is 10.0 Å². The Labute approximate surface area is 29.0 Å². The van der Waals surface area contributed by atoms with E-state index in [9.17, 15) is 0 Å². The first-order chi connectivity index (χ1) is 2.41. The van der Waals surface area contributed by atoms with E-state index in [1.165, 1.54) is 7.11 Å². The van der Waals surface area contributed by atoms with E-state index in [2.05, 4.69) is 15.4 Å². The van der Waals surface area contributed by atoms with Crippen molar-refractivity contribution in [3.05, 3.63) is 0 Å². The van der Waals surface area contributed by atoms with Crippen LogP contribution in [0.3, 0.4) is 0 Å². The molecular weight excluding hydrogens is 72.0 g/mol. The molecule has 4 heteroatoms. The first-order valence-electron chi connectivity index (χ1n) is 0.991. The van der Waals surface area contributed by atoms with Gasteiger partial charge in [0, 0.05) is 0 Å². The molecule has 0 amide bonds. The summed E-state index contributed by atoms with van der Waals surface area (Å²) in [7, 11) is 1.29. The molecule has 0 saturated heterocycles. The largest absolute Gasteiger partial charge is 0.392 e. The Morgan fingerprint density at radius 1 is 1.80 bits per heavy atom. The molecule has 5 heavy (non-hydrogen) atoms. The molecule has 1 N–H and O–H groups in total. The van der Waals surface area contributed by atoms with Crippen molar-refractivity contribution in [3.8, 4) is 0 Å². The molecule has 0 aliphatic rings. The topological polar surface area (TPSA) is 54.2 Å². The molecule has 0 radical (unpaired) electrons. The van der Waals surface area contributed by atoms with E-state index >= 15 is 0 Å². The van der Waals surface area contributed by atoms with Gasteiger partial charge in [0.15, 0.2) is 0 Å². The molecule has 0 aromatic rings. The Hall–Kier alpha value is -0.800. The van der Waals surface area contributed by atoms with Crippen molar-refractivity contribution in [2.75, 3.05) is 7.11 Å². The molecule has 0 aliphatic carbocycles. The van der Waals surface area contributed by atoms with E-state index in [0.717, 1.165) is 0 Å². The maximum absolute atomic E-state index is 7.40. The fourth-order valence-corrected chi connectivity index (χ4v) is 0.0365. The molecule has 4 nitrogen and oxygen atoms in total. The van der Waals surface area contributed by atoms with Crippen LogP contribution in [-0.2, 0) is 4.84 Å². The van der Waals surface area contributed by atoms with Crippen molar-refractivity contribution in [2.45, 2.75) is 0 Å². The summed E-state index contributed by atoms with van der Waals surface area (Å²) in [6, 6.07) is 0. The number of rotatable bonds is 1. The average Bonchev–Trinajstić information content (AvgIpc) is 1.41. The van der Waals surface area contributed by atoms with Gasteiger partial charge in [-0.15, -0.1) is 0 Å². The van der Waals surface area contributed by atoms with E-state index < -0.39 is 0 Å². The summed E-state index contributed by atoms with van der Waals surface area (Å²) in [5, 5.41) is 12.3. The first-order valence-corrected chi connectivity index (χ1v) is 0.991. The van der Waals surface area contributed by atoms with Crippen molar-refractivity contribution >= 4 is 0 Å². The normalized spacial score (nSPS) is 9.00. The van der Waals surface area contributed by atoms with Gasteiger partial charge >= 0.3 is 0 Å². The highest BCUT2D eigenvalue weighted by molar-refractivity contribution is 3.67. The van der Waals surface area contributed by atoms with Crippen LogP contribution in [0, 0.1) is 0 Å². The van der Waals surface area contributed by atoms with Crippen LogP contribution in [0.5, 0.6) is 0 Å². The summed E-state index contributed by atoms with van der Waals surface area (Å²) in [6.07, 6.45) is 0. The van der Waals surface area contributed by atoms with Crippen LogP contribution in [0.4, 0.5) is 0 Å². The second kappa shape index (κ2) is 3.20. The van der Waals surface area contributed by atoms with E-state index in [-0.39, 0.29) is 0 Å². The van der Waals surface area contributed by atoms with Crippen molar-refractivity contribution in [3.63, 3.8) is 0 Å². The number of hydrogen-bond acceptors (Lipinski definition) is 3. The average molecular weight is 76.1 g/mol. The van der Waals surface area contributed by atoms with Crippen LogP contribution < -0.4 is 0 Å². The molecule has 0 saturated carbocycles. The molecule has 0 rings (SSSR count). The van der Waals surface area contributed by atoms with Gasteiger partial charge in [-0.25, -0.2) is 0 Å².